The van der Waals surface area contributed by atoms with Crippen molar-refractivity contribution in [1.29, 1.82) is 0 Å². The van der Waals surface area contributed by atoms with Gasteiger partial charge in [-0.1, -0.05) is 44.1 Å². The molecule has 104 valence electrons. The number of hydrogen-bond acceptors (Lipinski definition) is 1. The molecule has 1 aliphatic carbocycles. The Hall–Kier alpha value is -1.11. The lowest BCUT2D eigenvalue weighted by Gasteiger charge is -2.23. The molecule has 1 unspecified atom stereocenters. The van der Waals surface area contributed by atoms with Gasteiger partial charge in [0.2, 0.25) is 0 Å². The van der Waals surface area contributed by atoms with E-state index in [-0.39, 0.29) is 0 Å². The number of hydrogen-bond donors (Lipinski definition) is 0. The monoisotopic (exact) mass is 257 g/mol. The second-order valence-electron chi connectivity index (χ2n) is 5.91. The largest absolute Gasteiger partial charge is 0.289 e. The highest BCUT2D eigenvalue weighted by Crippen LogP contribution is 2.31. The van der Waals surface area contributed by atoms with Gasteiger partial charge in [0, 0.05) is 12.3 Å². The molecule has 0 radical (unpaired) electrons. The molecule has 0 aromatic carbocycles. The number of rotatable bonds is 4. The van der Waals surface area contributed by atoms with Gasteiger partial charge in [0.15, 0.2) is 0 Å². The molecule has 0 amide bonds. The molecule has 1 atom stereocenters. The van der Waals surface area contributed by atoms with E-state index < -0.39 is 0 Å². The molecule has 1 heteroatoms. The molecule has 19 heavy (non-hydrogen) atoms. The number of allylic oxidation sites excluding steroid dienone is 5. The molecule has 0 aromatic heterocycles. The van der Waals surface area contributed by atoms with E-state index in [4.69, 9.17) is 0 Å². The van der Waals surface area contributed by atoms with Crippen LogP contribution in [0.15, 0.2) is 39.9 Å². The molecule has 1 nitrogen and oxygen atoms in total. The van der Waals surface area contributed by atoms with Crippen molar-refractivity contribution < 1.29 is 0 Å². The zero-order chi connectivity index (χ0) is 13.7. The summed E-state index contributed by atoms with van der Waals surface area (Å²) in [7, 11) is 0. The first-order chi connectivity index (χ1) is 9.22. The van der Waals surface area contributed by atoms with Crippen LogP contribution in [0.5, 0.6) is 0 Å². The predicted molar refractivity (Wildman–Crippen MR) is 84.8 cm³/mol. The lowest BCUT2D eigenvalue weighted by atomic mass is 9.85. The molecule has 1 heterocycles. The summed E-state index contributed by atoms with van der Waals surface area (Å²) in [5.74, 6) is 0.836. The van der Waals surface area contributed by atoms with Gasteiger partial charge < -0.3 is 0 Å². The minimum absolute atomic E-state index is 0.836. The Morgan fingerprint density at radius 1 is 1.32 bits per heavy atom. The van der Waals surface area contributed by atoms with Gasteiger partial charge in [0.05, 0.1) is 0 Å². The Bertz CT molecular complexity index is 435. The van der Waals surface area contributed by atoms with E-state index in [2.05, 4.69) is 44.0 Å². The van der Waals surface area contributed by atoms with Gasteiger partial charge in [-0.2, -0.15) is 0 Å². The van der Waals surface area contributed by atoms with E-state index in [0.717, 1.165) is 18.9 Å². The van der Waals surface area contributed by atoms with Crippen molar-refractivity contribution in [2.75, 3.05) is 6.54 Å². The highest BCUT2D eigenvalue weighted by atomic mass is 14.7. The van der Waals surface area contributed by atoms with Crippen LogP contribution in [0, 0.1) is 5.92 Å². The molecule has 1 aliphatic heterocycles. The van der Waals surface area contributed by atoms with E-state index in [0.29, 0.717) is 0 Å². The first kappa shape index (κ1) is 14.3. The normalized spacial score (nSPS) is 21.2. The zero-order valence-corrected chi connectivity index (χ0v) is 12.7. The highest BCUT2D eigenvalue weighted by molar-refractivity contribution is 6.03. The summed E-state index contributed by atoms with van der Waals surface area (Å²) in [5.41, 5.74) is 5.94. The maximum atomic E-state index is 4.68. The van der Waals surface area contributed by atoms with Gasteiger partial charge in [0.25, 0.3) is 0 Å². The summed E-state index contributed by atoms with van der Waals surface area (Å²) >= 11 is 0. The average Bonchev–Trinajstić information content (AvgIpc) is 2.39. The van der Waals surface area contributed by atoms with Crippen LogP contribution in [0.2, 0.25) is 0 Å². The van der Waals surface area contributed by atoms with Gasteiger partial charge in [-0.3, -0.25) is 4.99 Å². The Morgan fingerprint density at radius 2 is 2.16 bits per heavy atom. The summed E-state index contributed by atoms with van der Waals surface area (Å²) in [5, 5.41) is 0. The van der Waals surface area contributed by atoms with Crippen molar-refractivity contribution in [2.24, 2.45) is 10.9 Å². The van der Waals surface area contributed by atoms with E-state index in [1.54, 1.807) is 5.57 Å². The van der Waals surface area contributed by atoms with Crippen LogP contribution in [0.25, 0.3) is 0 Å². The molecular weight excluding hydrogens is 230 g/mol. The second kappa shape index (κ2) is 6.88. The molecule has 0 saturated heterocycles. The van der Waals surface area contributed by atoms with Crippen LogP contribution in [0.1, 0.15) is 59.3 Å². The third-order valence-corrected chi connectivity index (χ3v) is 4.45. The minimum Gasteiger partial charge on any atom is -0.289 e. The van der Waals surface area contributed by atoms with Gasteiger partial charge in [-0.05, 0) is 56.1 Å². The molecule has 0 aromatic rings. The van der Waals surface area contributed by atoms with Crippen LogP contribution in [-0.2, 0) is 0 Å². The van der Waals surface area contributed by atoms with Crippen LogP contribution < -0.4 is 0 Å². The van der Waals surface area contributed by atoms with Crippen molar-refractivity contribution in [3.05, 3.63) is 34.9 Å². The Morgan fingerprint density at radius 3 is 2.95 bits per heavy atom. The van der Waals surface area contributed by atoms with Crippen molar-refractivity contribution in [2.45, 2.75) is 59.3 Å². The third-order valence-electron chi connectivity index (χ3n) is 4.45. The van der Waals surface area contributed by atoms with Gasteiger partial charge in [-0.15, -0.1) is 0 Å². The number of nitrogens with zero attached hydrogens (tertiary/aromatic N) is 1. The fourth-order valence-electron chi connectivity index (χ4n) is 2.97. The summed E-state index contributed by atoms with van der Waals surface area (Å²) in [6.45, 7) is 7.82. The Labute approximate surface area is 118 Å². The summed E-state index contributed by atoms with van der Waals surface area (Å²) < 4.78 is 0. The van der Waals surface area contributed by atoms with Gasteiger partial charge in [0.1, 0.15) is 0 Å². The molecule has 0 bridgehead atoms. The van der Waals surface area contributed by atoms with Crippen LogP contribution in [-0.4, -0.2) is 12.3 Å². The predicted octanol–water partition coefficient (Wildman–Crippen LogP) is 5.25. The Kier molecular flexibility index (Phi) is 5.18. The van der Waals surface area contributed by atoms with Crippen LogP contribution in [0.3, 0.4) is 0 Å². The molecule has 0 N–H and O–H groups in total. The molecule has 0 fully saturated rings. The third kappa shape index (κ3) is 3.68. The number of fused-ring (bicyclic) bond motifs is 1. The van der Waals surface area contributed by atoms with Crippen LogP contribution >= 0.6 is 0 Å². The molecule has 0 saturated carbocycles. The molecular formula is C18H27N. The van der Waals surface area contributed by atoms with Gasteiger partial charge >= 0.3 is 0 Å². The lowest BCUT2D eigenvalue weighted by molar-refractivity contribution is 0.510. The summed E-state index contributed by atoms with van der Waals surface area (Å²) in [6, 6.07) is 0. The Balaban J connectivity index is 2.26. The maximum absolute atomic E-state index is 4.68. The highest BCUT2D eigenvalue weighted by Gasteiger charge is 2.18. The molecule has 2 rings (SSSR count). The van der Waals surface area contributed by atoms with Crippen LogP contribution in [0.4, 0.5) is 0 Å². The lowest BCUT2D eigenvalue weighted by Crippen LogP contribution is -2.13. The quantitative estimate of drug-likeness (QED) is 0.652. The minimum atomic E-state index is 0.836. The van der Waals surface area contributed by atoms with Crippen molar-refractivity contribution in [1.82, 2.24) is 0 Å². The van der Waals surface area contributed by atoms with E-state index in [1.807, 2.05) is 0 Å². The van der Waals surface area contributed by atoms with Gasteiger partial charge in [-0.25, -0.2) is 0 Å². The smallest absolute Gasteiger partial charge is 0.0433 e. The summed E-state index contributed by atoms with van der Waals surface area (Å²) in [6.07, 6.45) is 14.2. The average molecular weight is 257 g/mol. The van der Waals surface area contributed by atoms with E-state index >= 15 is 0 Å². The van der Waals surface area contributed by atoms with E-state index in [1.165, 1.54) is 49.0 Å². The zero-order valence-electron chi connectivity index (χ0n) is 12.7. The van der Waals surface area contributed by atoms with Crippen molar-refractivity contribution >= 4 is 5.71 Å². The molecule has 0 spiro atoms. The topological polar surface area (TPSA) is 12.4 Å². The summed E-state index contributed by atoms with van der Waals surface area (Å²) in [4.78, 5) is 4.68. The fourth-order valence-corrected chi connectivity index (χ4v) is 2.97. The van der Waals surface area contributed by atoms with Crippen molar-refractivity contribution in [3.63, 3.8) is 0 Å². The number of aliphatic imine (C=N–C) groups is 1. The maximum Gasteiger partial charge on any atom is 0.0433 e. The standard InChI is InChI=1S/C18H27N/c1-4-14(2)10-11-16-8-6-5-7-9-17-12-13-19-15(3)18(16)17/h5,7,9,14H,4,6,8,10-13H2,1-3H3. The fraction of sp³-hybridized carbons (Fsp3) is 0.611. The van der Waals surface area contributed by atoms with Crippen molar-refractivity contribution in [3.8, 4) is 0 Å². The first-order valence-electron chi connectivity index (χ1n) is 7.82. The van der Waals surface area contributed by atoms with E-state index in [9.17, 15) is 0 Å². The first-order valence-corrected chi connectivity index (χ1v) is 7.82. The molecule has 2 aliphatic rings. The second-order valence-corrected chi connectivity index (χ2v) is 5.91. The SMILES string of the molecule is CCC(C)CCC1=C2C(=CC=CCC1)CCN=C2C.